The van der Waals surface area contributed by atoms with Gasteiger partial charge in [-0.05, 0) is 66.3 Å². The van der Waals surface area contributed by atoms with E-state index in [0.29, 0.717) is 18.2 Å². The fraction of sp³-hybridized carbons (Fsp3) is 0.222. The molecule has 2 aromatic heterocycles. The van der Waals surface area contributed by atoms with Gasteiger partial charge in [0.1, 0.15) is 12.4 Å². The average Bonchev–Trinajstić information content (AvgIpc) is 3.15. The lowest BCUT2D eigenvalue weighted by Gasteiger charge is -2.16. The predicted molar refractivity (Wildman–Crippen MR) is 122 cm³/mol. The first-order valence-electron chi connectivity index (χ1n) is 10.5. The second kappa shape index (κ2) is 8.58. The van der Waals surface area contributed by atoms with E-state index >= 15 is 0 Å². The molecular weight excluding hydrogens is 370 g/mol. The first-order valence-corrected chi connectivity index (χ1v) is 10.5. The van der Waals surface area contributed by atoms with Gasteiger partial charge in [0.2, 0.25) is 0 Å². The lowest BCUT2D eigenvalue weighted by atomic mass is 9.94. The third-order valence-corrected chi connectivity index (χ3v) is 5.79. The number of pyridine rings is 1. The Balaban J connectivity index is 1.83. The van der Waals surface area contributed by atoms with E-state index in [1.165, 1.54) is 5.56 Å². The number of benzene rings is 2. The second-order valence-corrected chi connectivity index (χ2v) is 7.90. The van der Waals surface area contributed by atoms with Gasteiger partial charge in [0, 0.05) is 22.8 Å². The zero-order valence-electron chi connectivity index (χ0n) is 17.8. The Bertz CT molecular complexity index is 1170. The maximum absolute atomic E-state index is 12.1. The molecule has 152 valence electrons. The highest BCUT2D eigenvalue weighted by molar-refractivity contribution is 5.91. The smallest absolute Gasteiger partial charge is 0.167 e. The Labute approximate surface area is 177 Å². The summed E-state index contributed by atoms with van der Waals surface area (Å²) in [6.07, 6.45) is 3.95. The molecule has 30 heavy (non-hydrogen) atoms. The monoisotopic (exact) mass is 397 g/mol. The van der Waals surface area contributed by atoms with E-state index in [1.54, 1.807) is 0 Å². The van der Waals surface area contributed by atoms with E-state index in [-0.39, 0.29) is 0 Å². The van der Waals surface area contributed by atoms with Crippen LogP contribution in [0.5, 0.6) is 5.75 Å². The molecule has 0 spiro atoms. The van der Waals surface area contributed by atoms with Crippen LogP contribution < -0.4 is 4.74 Å². The summed E-state index contributed by atoms with van der Waals surface area (Å²) in [4.78, 5) is 12.1. The highest BCUT2D eigenvalue weighted by Crippen LogP contribution is 2.37. The van der Waals surface area contributed by atoms with Crippen molar-refractivity contribution < 1.29 is 9.53 Å². The number of hydrogen-bond acceptors (Lipinski definition) is 2. The third-order valence-electron chi connectivity index (χ3n) is 5.79. The van der Waals surface area contributed by atoms with Crippen molar-refractivity contribution in [2.75, 3.05) is 0 Å². The number of aryl methyl sites for hydroxylation is 1. The van der Waals surface area contributed by atoms with Gasteiger partial charge >= 0.3 is 0 Å². The number of carbonyl (C=O) groups excluding carboxylic acids is 1. The third kappa shape index (κ3) is 3.88. The SMILES string of the molecule is CCC(C)c1ccc(OCc2ccccc2)c(-c2cc3cc(C)ccn3c2C=O)c1. The second-order valence-electron chi connectivity index (χ2n) is 7.90. The van der Waals surface area contributed by atoms with E-state index in [2.05, 4.69) is 57.2 Å². The molecule has 0 bridgehead atoms. The van der Waals surface area contributed by atoms with Crippen molar-refractivity contribution in [2.24, 2.45) is 0 Å². The molecule has 2 aromatic carbocycles. The summed E-state index contributed by atoms with van der Waals surface area (Å²) in [6.45, 7) is 6.96. The molecule has 3 heteroatoms. The van der Waals surface area contributed by atoms with Crippen LogP contribution in [0.2, 0.25) is 0 Å². The number of aromatic nitrogens is 1. The quantitative estimate of drug-likeness (QED) is 0.320. The lowest BCUT2D eigenvalue weighted by molar-refractivity contribution is 0.111. The van der Waals surface area contributed by atoms with Crippen LogP contribution in [0, 0.1) is 6.92 Å². The Morgan fingerprint density at radius 3 is 2.53 bits per heavy atom. The number of carbonyl (C=O) groups is 1. The molecule has 1 atom stereocenters. The first-order chi connectivity index (χ1) is 14.6. The number of fused-ring (bicyclic) bond motifs is 1. The van der Waals surface area contributed by atoms with E-state index < -0.39 is 0 Å². The number of rotatable bonds is 7. The van der Waals surface area contributed by atoms with Crippen molar-refractivity contribution >= 4 is 11.8 Å². The largest absolute Gasteiger partial charge is 0.488 e. The van der Waals surface area contributed by atoms with E-state index in [1.807, 2.05) is 40.9 Å². The van der Waals surface area contributed by atoms with Gasteiger partial charge in [0.05, 0.1) is 5.69 Å². The van der Waals surface area contributed by atoms with Gasteiger partial charge in [-0.1, -0.05) is 50.2 Å². The minimum Gasteiger partial charge on any atom is -0.488 e. The van der Waals surface area contributed by atoms with Crippen LogP contribution in [0.15, 0.2) is 72.9 Å². The molecule has 0 fully saturated rings. The molecule has 0 saturated heterocycles. The van der Waals surface area contributed by atoms with Gasteiger partial charge in [-0.15, -0.1) is 0 Å². The van der Waals surface area contributed by atoms with Gasteiger partial charge < -0.3 is 9.14 Å². The summed E-state index contributed by atoms with van der Waals surface area (Å²) in [5, 5.41) is 0. The van der Waals surface area contributed by atoms with Crippen LogP contribution >= 0.6 is 0 Å². The van der Waals surface area contributed by atoms with Crippen molar-refractivity contribution in [3.05, 3.63) is 95.3 Å². The minimum absolute atomic E-state index is 0.436. The topological polar surface area (TPSA) is 30.7 Å². The van der Waals surface area contributed by atoms with Crippen LogP contribution in [-0.4, -0.2) is 10.7 Å². The van der Waals surface area contributed by atoms with E-state index in [4.69, 9.17) is 4.74 Å². The highest BCUT2D eigenvalue weighted by atomic mass is 16.5. The molecule has 0 aliphatic heterocycles. The molecule has 0 N–H and O–H groups in total. The maximum Gasteiger partial charge on any atom is 0.167 e. The standard InChI is InChI=1S/C27H27NO2/c1-4-20(3)22-10-11-27(30-18-21-8-6-5-7-9-21)25(15-22)24-16-23-14-19(2)12-13-28(23)26(24)17-29/h5-17,20H,4,18H2,1-3H3. The number of hydrogen-bond donors (Lipinski definition) is 0. The summed E-state index contributed by atoms with van der Waals surface area (Å²) in [5.74, 6) is 1.23. The Morgan fingerprint density at radius 2 is 1.80 bits per heavy atom. The van der Waals surface area contributed by atoms with Gasteiger partial charge in [0.25, 0.3) is 0 Å². The summed E-state index contributed by atoms with van der Waals surface area (Å²) in [5.41, 5.74) is 7.06. The first kappa shape index (κ1) is 20.0. The van der Waals surface area contributed by atoms with Crippen molar-refractivity contribution in [3.8, 4) is 16.9 Å². The zero-order valence-corrected chi connectivity index (χ0v) is 17.8. The Hall–Kier alpha value is -3.33. The van der Waals surface area contributed by atoms with Gasteiger partial charge in [-0.25, -0.2) is 0 Å². The molecular formula is C27H27NO2. The fourth-order valence-electron chi connectivity index (χ4n) is 3.81. The predicted octanol–water partition coefficient (Wildman–Crippen LogP) is 6.82. The summed E-state index contributed by atoms with van der Waals surface area (Å²) >= 11 is 0. The van der Waals surface area contributed by atoms with Crippen molar-refractivity contribution in [1.82, 2.24) is 4.40 Å². The molecule has 0 amide bonds. The molecule has 0 aliphatic rings. The Kier molecular flexibility index (Phi) is 5.71. The van der Waals surface area contributed by atoms with Crippen LogP contribution in [0.3, 0.4) is 0 Å². The zero-order chi connectivity index (χ0) is 21.1. The van der Waals surface area contributed by atoms with Crippen LogP contribution in [-0.2, 0) is 6.61 Å². The molecule has 2 heterocycles. The highest BCUT2D eigenvalue weighted by Gasteiger charge is 2.17. The van der Waals surface area contributed by atoms with Crippen LogP contribution in [0.1, 0.15) is 53.4 Å². The molecule has 0 aliphatic carbocycles. The minimum atomic E-state index is 0.436. The Morgan fingerprint density at radius 1 is 1.00 bits per heavy atom. The number of nitrogens with zero attached hydrogens (tertiary/aromatic N) is 1. The van der Waals surface area contributed by atoms with Gasteiger partial charge in [0.15, 0.2) is 6.29 Å². The maximum atomic E-state index is 12.1. The molecule has 1 unspecified atom stereocenters. The molecule has 0 radical (unpaired) electrons. The summed E-state index contributed by atoms with van der Waals surface area (Å²) in [7, 11) is 0. The van der Waals surface area contributed by atoms with Gasteiger partial charge in [-0.2, -0.15) is 0 Å². The molecule has 0 saturated carbocycles. The summed E-state index contributed by atoms with van der Waals surface area (Å²) < 4.78 is 8.19. The summed E-state index contributed by atoms with van der Waals surface area (Å²) in [6, 6.07) is 22.7. The van der Waals surface area contributed by atoms with Crippen molar-refractivity contribution in [2.45, 2.75) is 39.7 Å². The fourth-order valence-corrected chi connectivity index (χ4v) is 3.81. The van der Waals surface area contributed by atoms with E-state index in [0.717, 1.165) is 46.2 Å². The molecule has 4 rings (SSSR count). The van der Waals surface area contributed by atoms with Gasteiger partial charge in [-0.3, -0.25) is 4.79 Å². The number of ether oxygens (including phenoxy) is 1. The van der Waals surface area contributed by atoms with Crippen molar-refractivity contribution in [1.29, 1.82) is 0 Å². The molecule has 3 nitrogen and oxygen atoms in total. The number of aldehydes is 1. The van der Waals surface area contributed by atoms with Crippen LogP contribution in [0.25, 0.3) is 16.6 Å². The van der Waals surface area contributed by atoms with Crippen molar-refractivity contribution in [3.63, 3.8) is 0 Å². The molecule has 4 aromatic rings. The van der Waals surface area contributed by atoms with Crippen LogP contribution in [0.4, 0.5) is 0 Å². The lowest BCUT2D eigenvalue weighted by Crippen LogP contribution is -2.00. The average molecular weight is 398 g/mol. The van der Waals surface area contributed by atoms with E-state index in [9.17, 15) is 4.79 Å². The normalized spacial score (nSPS) is 12.1.